The lowest BCUT2D eigenvalue weighted by Gasteiger charge is -2.45. The number of likely N-dealkylation sites (tertiary alicyclic amines) is 1. The smallest absolute Gasteiger partial charge is 0.137 e. The standard InChI is InChI=1S/C18H25N3O/c22-15-1-5-18(6-2-15)7-11-21(12-8-18)13-14-3-9-19-17-16(14)4-10-20-17/h3-4,9-10,15,22H,1-2,5-8,11-13H2,(H,19,20). The molecular formula is C18H25N3O. The molecule has 0 bridgehead atoms. The maximum atomic E-state index is 9.73. The quantitative estimate of drug-likeness (QED) is 0.896. The predicted octanol–water partition coefficient (Wildman–Crippen LogP) is 3.08. The van der Waals surface area contributed by atoms with Gasteiger partial charge in [-0.3, -0.25) is 4.90 Å². The molecule has 4 heteroatoms. The molecule has 3 heterocycles. The molecule has 2 fully saturated rings. The number of hydrogen-bond donors (Lipinski definition) is 2. The number of pyridine rings is 1. The molecule has 0 unspecified atom stereocenters. The molecule has 1 saturated carbocycles. The van der Waals surface area contributed by atoms with Gasteiger partial charge in [-0.05, 0) is 74.7 Å². The molecule has 0 aromatic carbocycles. The van der Waals surface area contributed by atoms with Crippen LogP contribution in [0.1, 0.15) is 44.1 Å². The zero-order chi connectivity index (χ0) is 15.0. The van der Waals surface area contributed by atoms with Gasteiger partial charge in [0, 0.05) is 24.3 Å². The number of aliphatic hydroxyl groups is 1. The van der Waals surface area contributed by atoms with E-state index in [2.05, 4.69) is 27.0 Å². The number of H-pyrrole nitrogens is 1. The Morgan fingerprint density at radius 3 is 2.73 bits per heavy atom. The summed E-state index contributed by atoms with van der Waals surface area (Å²) in [5.74, 6) is 0. The highest BCUT2D eigenvalue weighted by atomic mass is 16.3. The number of nitrogens with zero attached hydrogens (tertiary/aromatic N) is 2. The molecule has 0 amide bonds. The van der Waals surface area contributed by atoms with Gasteiger partial charge in [0.1, 0.15) is 5.65 Å². The van der Waals surface area contributed by atoms with Gasteiger partial charge in [0.2, 0.25) is 0 Å². The molecule has 2 aliphatic rings. The summed E-state index contributed by atoms with van der Waals surface area (Å²) in [6, 6.07) is 4.28. The SMILES string of the molecule is OC1CCC2(CC1)CCN(Cc1ccnc3[nH]ccc13)CC2. The Balaban J connectivity index is 1.41. The van der Waals surface area contributed by atoms with Crippen LogP contribution >= 0.6 is 0 Å². The highest BCUT2D eigenvalue weighted by Gasteiger charge is 2.37. The molecule has 2 N–H and O–H groups in total. The molecule has 1 aliphatic carbocycles. The fourth-order valence-electron chi connectivity index (χ4n) is 4.30. The summed E-state index contributed by atoms with van der Waals surface area (Å²) in [7, 11) is 0. The Kier molecular flexibility index (Phi) is 3.66. The first-order valence-electron chi connectivity index (χ1n) is 8.56. The molecule has 4 rings (SSSR count). The van der Waals surface area contributed by atoms with Crippen molar-refractivity contribution < 1.29 is 5.11 Å². The maximum Gasteiger partial charge on any atom is 0.137 e. The predicted molar refractivity (Wildman–Crippen MR) is 87.5 cm³/mol. The Labute approximate surface area is 131 Å². The molecule has 2 aromatic rings. The molecule has 1 spiro atoms. The minimum Gasteiger partial charge on any atom is -0.393 e. The molecule has 2 aromatic heterocycles. The van der Waals surface area contributed by atoms with Crippen molar-refractivity contribution >= 4 is 11.0 Å². The lowest BCUT2D eigenvalue weighted by Crippen LogP contribution is -2.42. The van der Waals surface area contributed by atoms with E-state index in [-0.39, 0.29) is 6.10 Å². The van der Waals surface area contributed by atoms with Gasteiger partial charge in [0.25, 0.3) is 0 Å². The lowest BCUT2D eigenvalue weighted by molar-refractivity contribution is 0.0156. The van der Waals surface area contributed by atoms with Crippen LogP contribution in [0.15, 0.2) is 24.5 Å². The van der Waals surface area contributed by atoms with Crippen molar-refractivity contribution in [1.29, 1.82) is 0 Å². The fraction of sp³-hybridized carbons (Fsp3) is 0.611. The lowest BCUT2D eigenvalue weighted by atomic mass is 9.67. The van der Waals surface area contributed by atoms with Gasteiger partial charge < -0.3 is 10.1 Å². The van der Waals surface area contributed by atoms with Gasteiger partial charge in [-0.2, -0.15) is 0 Å². The van der Waals surface area contributed by atoms with Crippen molar-refractivity contribution in [2.45, 2.75) is 51.2 Å². The van der Waals surface area contributed by atoms with Crippen LogP contribution in [0, 0.1) is 5.41 Å². The van der Waals surface area contributed by atoms with Crippen molar-refractivity contribution in [3.05, 3.63) is 30.1 Å². The van der Waals surface area contributed by atoms with Crippen molar-refractivity contribution in [2.24, 2.45) is 5.41 Å². The van der Waals surface area contributed by atoms with Gasteiger partial charge >= 0.3 is 0 Å². The van der Waals surface area contributed by atoms with Crippen LogP contribution in [0.2, 0.25) is 0 Å². The Hall–Kier alpha value is -1.39. The second-order valence-corrected chi connectivity index (χ2v) is 7.22. The Morgan fingerprint density at radius 2 is 1.95 bits per heavy atom. The van der Waals surface area contributed by atoms with Crippen molar-refractivity contribution in [2.75, 3.05) is 13.1 Å². The van der Waals surface area contributed by atoms with Gasteiger partial charge in [-0.15, -0.1) is 0 Å². The summed E-state index contributed by atoms with van der Waals surface area (Å²) in [5, 5.41) is 11.0. The second-order valence-electron chi connectivity index (χ2n) is 7.22. The number of fused-ring (bicyclic) bond motifs is 1. The van der Waals surface area contributed by atoms with E-state index in [1.807, 2.05) is 12.4 Å². The van der Waals surface area contributed by atoms with Crippen LogP contribution in [0.5, 0.6) is 0 Å². The van der Waals surface area contributed by atoms with E-state index < -0.39 is 0 Å². The van der Waals surface area contributed by atoms with Crippen LogP contribution < -0.4 is 0 Å². The third kappa shape index (κ3) is 2.66. The summed E-state index contributed by atoms with van der Waals surface area (Å²) in [5.41, 5.74) is 2.89. The number of aromatic amines is 1. The molecule has 0 radical (unpaired) electrons. The van der Waals surface area contributed by atoms with E-state index in [1.54, 1.807) is 0 Å². The molecule has 0 atom stereocenters. The van der Waals surface area contributed by atoms with Crippen LogP contribution in [0.4, 0.5) is 0 Å². The minimum atomic E-state index is -0.0395. The van der Waals surface area contributed by atoms with E-state index in [4.69, 9.17) is 0 Å². The van der Waals surface area contributed by atoms with E-state index in [0.717, 1.165) is 25.0 Å². The highest BCUT2D eigenvalue weighted by Crippen LogP contribution is 2.44. The number of aliphatic hydroxyl groups excluding tert-OH is 1. The normalized spacial score (nSPS) is 23.3. The average molecular weight is 299 g/mol. The average Bonchev–Trinajstić information content (AvgIpc) is 3.02. The first-order valence-corrected chi connectivity index (χ1v) is 8.56. The van der Waals surface area contributed by atoms with E-state index in [1.165, 1.54) is 49.7 Å². The minimum absolute atomic E-state index is 0.0395. The summed E-state index contributed by atoms with van der Waals surface area (Å²) < 4.78 is 0. The van der Waals surface area contributed by atoms with Crippen LogP contribution in [0.3, 0.4) is 0 Å². The van der Waals surface area contributed by atoms with E-state index in [0.29, 0.717) is 5.41 Å². The van der Waals surface area contributed by atoms with Crippen molar-refractivity contribution in [1.82, 2.24) is 14.9 Å². The molecule has 1 aliphatic heterocycles. The van der Waals surface area contributed by atoms with Gasteiger partial charge in [0.15, 0.2) is 0 Å². The molecule has 4 nitrogen and oxygen atoms in total. The third-order valence-corrected chi connectivity index (χ3v) is 5.88. The van der Waals surface area contributed by atoms with Crippen molar-refractivity contribution in [3.63, 3.8) is 0 Å². The first kappa shape index (κ1) is 14.2. The fourth-order valence-corrected chi connectivity index (χ4v) is 4.30. The van der Waals surface area contributed by atoms with Gasteiger partial charge in [-0.1, -0.05) is 0 Å². The number of piperidine rings is 1. The summed E-state index contributed by atoms with van der Waals surface area (Å²) in [6.45, 7) is 3.39. The van der Waals surface area contributed by atoms with E-state index in [9.17, 15) is 5.11 Å². The second kappa shape index (κ2) is 5.67. The number of hydrogen-bond acceptors (Lipinski definition) is 3. The number of aromatic nitrogens is 2. The topological polar surface area (TPSA) is 52.1 Å². The maximum absolute atomic E-state index is 9.73. The van der Waals surface area contributed by atoms with Gasteiger partial charge in [0.05, 0.1) is 6.10 Å². The van der Waals surface area contributed by atoms with Crippen molar-refractivity contribution in [3.8, 4) is 0 Å². The summed E-state index contributed by atoms with van der Waals surface area (Å²) in [6.07, 6.45) is 10.9. The zero-order valence-corrected chi connectivity index (χ0v) is 13.1. The molecule has 22 heavy (non-hydrogen) atoms. The molecule has 118 valence electrons. The first-order chi connectivity index (χ1) is 10.7. The molecular weight excluding hydrogens is 274 g/mol. The van der Waals surface area contributed by atoms with Crippen LogP contribution in [0.25, 0.3) is 11.0 Å². The van der Waals surface area contributed by atoms with Crippen LogP contribution in [-0.4, -0.2) is 39.2 Å². The highest BCUT2D eigenvalue weighted by molar-refractivity contribution is 5.79. The summed E-state index contributed by atoms with van der Waals surface area (Å²) in [4.78, 5) is 10.1. The molecule has 1 saturated heterocycles. The number of nitrogens with one attached hydrogen (secondary N) is 1. The Bertz CT molecular complexity index is 633. The third-order valence-electron chi connectivity index (χ3n) is 5.88. The van der Waals surface area contributed by atoms with Gasteiger partial charge in [-0.25, -0.2) is 4.98 Å². The van der Waals surface area contributed by atoms with E-state index >= 15 is 0 Å². The van der Waals surface area contributed by atoms with Crippen LogP contribution in [-0.2, 0) is 6.54 Å². The summed E-state index contributed by atoms with van der Waals surface area (Å²) >= 11 is 0. The zero-order valence-electron chi connectivity index (χ0n) is 13.1. The number of rotatable bonds is 2. The largest absolute Gasteiger partial charge is 0.393 e. The Morgan fingerprint density at radius 1 is 1.18 bits per heavy atom. The monoisotopic (exact) mass is 299 g/mol.